The fourth-order valence-corrected chi connectivity index (χ4v) is 7.00. The molecule has 1 radical (unpaired) electrons. The highest BCUT2D eigenvalue weighted by atomic mass is 33.1. The van der Waals surface area contributed by atoms with Gasteiger partial charge in [0.1, 0.15) is 0 Å². The van der Waals surface area contributed by atoms with E-state index in [0.717, 1.165) is 11.5 Å². The SMILES string of the molecule is O=[S]C[C@H](O)[C@@H](O)CSSCCSSC[C@H](O)[C@@H](O)CS(=O)O. The summed E-state index contributed by atoms with van der Waals surface area (Å²) < 4.78 is 29.3. The van der Waals surface area contributed by atoms with Crippen LogP contribution >= 0.6 is 43.2 Å². The zero-order valence-electron chi connectivity index (χ0n) is 12.1. The number of hydrogen-bond donors (Lipinski definition) is 5. The van der Waals surface area contributed by atoms with Gasteiger partial charge in [-0.25, -0.2) is 8.42 Å². The molecule has 0 spiro atoms. The van der Waals surface area contributed by atoms with Crippen molar-refractivity contribution < 1.29 is 33.4 Å². The zero-order chi connectivity index (χ0) is 17.7. The van der Waals surface area contributed by atoms with Gasteiger partial charge in [0.2, 0.25) is 0 Å². The Bertz CT molecular complexity index is 337. The topological polar surface area (TPSA) is 135 Å². The maximum Gasteiger partial charge on any atom is 0.155 e. The summed E-state index contributed by atoms with van der Waals surface area (Å²) in [4.78, 5) is 0. The molecule has 0 aliphatic carbocycles. The van der Waals surface area contributed by atoms with Gasteiger partial charge in [-0.3, -0.25) is 0 Å². The lowest BCUT2D eigenvalue weighted by Gasteiger charge is -2.15. The van der Waals surface area contributed by atoms with Gasteiger partial charge in [-0.2, -0.15) is 0 Å². The van der Waals surface area contributed by atoms with E-state index in [-0.39, 0.29) is 28.9 Å². The van der Waals surface area contributed by atoms with Crippen LogP contribution in [0.1, 0.15) is 0 Å². The van der Waals surface area contributed by atoms with Gasteiger partial charge in [0.05, 0.1) is 47.6 Å². The standard InChI is InChI=1S/C10H21O7S6/c11-7(3-18-15)8(12)4-21-19-1-2-20-22-5-9(13)10(14)6-23(16)17/h7-14H,1-6H2,(H,16,17)/t7-,8-,9-,10-/m0/s1. The Labute approximate surface area is 157 Å². The molecular weight excluding hydrogens is 425 g/mol. The Morgan fingerprint density at radius 3 is 1.61 bits per heavy atom. The van der Waals surface area contributed by atoms with Crippen LogP contribution in [-0.4, -0.2) is 92.3 Å². The van der Waals surface area contributed by atoms with Crippen LogP contribution in [0.5, 0.6) is 0 Å². The Kier molecular flexibility index (Phi) is 16.5. The minimum absolute atomic E-state index is 0.0308. The highest BCUT2D eigenvalue weighted by molar-refractivity contribution is 8.78. The van der Waals surface area contributed by atoms with Crippen molar-refractivity contribution in [1.29, 1.82) is 0 Å². The first-order valence-electron chi connectivity index (χ1n) is 6.41. The minimum Gasteiger partial charge on any atom is -0.389 e. The fourth-order valence-electron chi connectivity index (χ4n) is 1.08. The maximum atomic E-state index is 10.5. The lowest BCUT2D eigenvalue weighted by molar-refractivity contribution is 0.0489. The van der Waals surface area contributed by atoms with Gasteiger partial charge in [-0.05, 0) is 0 Å². The highest BCUT2D eigenvalue weighted by Gasteiger charge is 2.18. The number of aliphatic hydroxyl groups is 4. The lowest BCUT2D eigenvalue weighted by atomic mass is 10.3. The second-order valence-electron chi connectivity index (χ2n) is 4.26. The minimum atomic E-state index is -2.13. The van der Waals surface area contributed by atoms with Crippen molar-refractivity contribution in [1.82, 2.24) is 0 Å². The molecule has 0 bridgehead atoms. The first-order chi connectivity index (χ1) is 10.9. The van der Waals surface area contributed by atoms with Gasteiger partial charge in [-0.1, -0.05) is 43.2 Å². The quantitative estimate of drug-likeness (QED) is 0.128. The molecule has 0 aliphatic rings. The maximum absolute atomic E-state index is 10.5. The molecule has 0 heterocycles. The van der Waals surface area contributed by atoms with E-state index in [4.69, 9.17) is 4.55 Å². The molecule has 5 atom stereocenters. The van der Waals surface area contributed by atoms with Crippen molar-refractivity contribution in [2.24, 2.45) is 0 Å². The molecule has 23 heavy (non-hydrogen) atoms. The van der Waals surface area contributed by atoms with E-state index < -0.39 is 35.5 Å². The van der Waals surface area contributed by atoms with E-state index >= 15 is 0 Å². The first-order valence-corrected chi connectivity index (χ1v) is 13.6. The molecular formula is C10H21O7S6. The summed E-state index contributed by atoms with van der Waals surface area (Å²) in [6, 6.07) is 0. The monoisotopic (exact) mass is 445 g/mol. The van der Waals surface area contributed by atoms with Gasteiger partial charge in [0, 0.05) is 23.0 Å². The van der Waals surface area contributed by atoms with Crippen LogP contribution in [0, 0.1) is 0 Å². The van der Waals surface area contributed by atoms with Crippen molar-refractivity contribution in [2.45, 2.75) is 24.4 Å². The summed E-state index contributed by atoms with van der Waals surface area (Å²) >= 11 is -1.88. The summed E-state index contributed by atoms with van der Waals surface area (Å²) in [5, 5.41) is 37.8. The summed E-state index contributed by atoms with van der Waals surface area (Å²) in [6.07, 6.45) is -4.17. The van der Waals surface area contributed by atoms with E-state index in [1.165, 1.54) is 43.2 Å². The fraction of sp³-hybridized carbons (Fsp3) is 1.00. The molecule has 0 amide bonds. The molecule has 0 saturated heterocycles. The van der Waals surface area contributed by atoms with Crippen LogP contribution in [0.15, 0.2) is 0 Å². The van der Waals surface area contributed by atoms with Gasteiger partial charge < -0.3 is 25.0 Å². The van der Waals surface area contributed by atoms with Crippen molar-refractivity contribution in [3.63, 3.8) is 0 Å². The first kappa shape index (κ1) is 24.4. The molecule has 1 unspecified atom stereocenters. The molecule has 13 heteroatoms. The normalized spacial score (nSPS) is 18.1. The molecule has 0 fully saturated rings. The van der Waals surface area contributed by atoms with Gasteiger partial charge in [0.25, 0.3) is 0 Å². The Balaban J connectivity index is 3.49. The molecule has 0 aromatic carbocycles. The smallest absolute Gasteiger partial charge is 0.155 e. The molecule has 0 aromatic heterocycles. The molecule has 7 nitrogen and oxygen atoms in total. The molecule has 0 aromatic rings. The van der Waals surface area contributed by atoms with Crippen LogP contribution in [0.25, 0.3) is 0 Å². The van der Waals surface area contributed by atoms with Crippen LogP contribution in [0.2, 0.25) is 0 Å². The molecule has 0 saturated carbocycles. The van der Waals surface area contributed by atoms with Crippen molar-refractivity contribution in [3.05, 3.63) is 0 Å². The van der Waals surface area contributed by atoms with Crippen LogP contribution in [-0.2, 0) is 22.7 Å². The zero-order valence-corrected chi connectivity index (χ0v) is 17.0. The second-order valence-corrected chi connectivity index (χ2v) is 11.1. The third-order valence-corrected chi connectivity index (χ3v) is 8.54. The van der Waals surface area contributed by atoms with Gasteiger partial charge in [-0.15, -0.1) is 0 Å². The Morgan fingerprint density at radius 2 is 1.17 bits per heavy atom. The average Bonchev–Trinajstić information content (AvgIpc) is 2.48. The van der Waals surface area contributed by atoms with Crippen molar-refractivity contribution in [3.8, 4) is 0 Å². The molecule has 5 N–H and O–H groups in total. The lowest BCUT2D eigenvalue weighted by Crippen LogP contribution is -2.32. The predicted molar refractivity (Wildman–Crippen MR) is 103 cm³/mol. The molecule has 0 aliphatic heterocycles. The number of rotatable bonds is 15. The van der Waals surface area contributed by atoms with Crippen LogP contribution < -0.4 is 0 Å². The van der Waals surface area contributed by atoms with E-state index in [0.29, 0.717) is 5.75 Å². The van der Waals surface area contributed by atoms with E-state index in [9.17, 15) is 28.8 Å². The predicted octanol–water partition coefficient (Wildman–Crippen LogP) is -0.373. The summed E-state index contributed by atoms with van der Waals surface area (Å²) in [5.41, 5.74) is 0. The van der Waals surface area contributed by atoms with E-state index in [1.807, 2.05) is 0 Å². The third-order valence-electron chi connectivity index (χ3n) is 2.33. The summed E-state index contributed by atoms with van der Waals surface area (Å²) in [6.45, 7) is 0. The molecule has 0 rings (SSSR count). The Morgan fingerprint density at radius 1 is 0.739 bits per heavy atom. The van der Waals surface area contributed by atoms with Crippen LogP contribution in [0.3, 0.4) is 0 Å². The summed E-state index contributed by atoms with van der Waals surface area (Å²) in [5.74, 6) is 1.79. The van der Waals surface area contributed by atoms with Crippen LogP contribution in [0.4, 0.5) is 0 Å². The van der Waals surface area contributed by atoms with Gasteiger partial charge >= 0.3 is 0 Å². The third kappa shape index (κ3) is 14.2. The average molecular weight is 446 g/mol. The van der Waals surface area contributed by atoms with E-state index in [2.05, 4.69) is 0 Å². The Hall–Kier alpha value is 1.37. The largest absolute Gasteiger partial charge is 0.389 e. The van der Waals surface area contributed by atoms with Crippen molar-refractivity contribution in [2.75, 3.05) is 34.5 Å². The number of aliphatic hydroxyl groups excluding tert-OH is 4. The van der Waals surface area contributed by atoms with Crippen molar-refractivity contribution >= 4 is 65.9 Å². The molecule has 139 valence electrons. The highest BCUT2D eigenvalue weighted by Crippen LogP contribution is 2.28. The van der Waals surface area contributed by atoms with Gasteiger partial charge in [0.15, 0.2) is 11.1 Å². The summed E-state index contributed by atoms with van der Waals surface area (Å²) in [7, 11) is 5.82. The number of hydrogen-bond acceptors (Lipinski definition) is 10. The van der Waals surface area contributed by atoms with E-state index in [1.54, 1.807) is 0 Å². The second kappa shape index (κ2) is 15.6.